The number of aromatic nitrogens is 3. The molecule has 0 amide bonds. The molecule has 0 radical (unpaired) electrons. The molecule has 0 bridgehead atoms. The Labute approximate surface area is 157 Å². The van der Waals surface area contributed by atoms with Crippen LogP contribution in [0.4, 0.5) is 0 Å². The van der Waals surface area contributed by atoms with Gasteiger partial charge in [0, 0.05) is 11.1 Å². The molecule has 5 rings (SSSR count). The van der Waals surface area contributed by atoms with Crippen LogP contribution >= 0.6 is 11.6 Å². The van der Waals surface area contributed by atoms with Crippen molar-refractivity contribution in [2.75, 3.05) is 0 Å². The quantitative estimate of drug-likeness (QED) is 0.606. The summed E-state index contributed by atoms with van der Waals surface area (Å²) in [5.41, 5.74) is 7.49. The van der Waals surface area contributed by atoms with Crippen molar-refractivity contribution in [3.8, 4) is 22.8 Å². The maximum atomic E-state index is 6.20. The van der Waals surface area contributed by atoms with E-state index in [-0.39, 0.29) is 5.28 Å². The van der Waals surface area contributed by atoms with Crippen LogP contribution in [0.25, 0.3) is 28.3 Å². The summed E-state index contributed by atoms with van der Waals surface area (Å²) in [7, 11) is 0. The Kier molecular flexibility index (Phi) is 3.68. The molecule has 0 unspecified atom stereocenters. The van der Waals surface area contributed by atoms with E-state index in [2.05, 4.69) is 45.3 Å². The van der Waals surface area contributed by atoms with E-state index in [9.17, 15) is 0 Å². The molecular formula is C22H16ClN3. The lowest BCUT2D eigenvalue weighted by Gasteiger charge is -2.09. The molecule has 0 aliphatic heterocycles. The van der Waals surface area contributed by atoms with E-state index in [1.807, 2.05) is 30.3 Å². The first-order valence-electron chi connectivity index (χ1n) is 8.77. The Morgan fingerprint density at radius 2 is 1.65 bits per heavy atom. The molecule has 0 saturated heterocycles. The van der Waals surface area contributed by atoms with Gasteiger partial charge in [0.1, 0.15) is 0 Å². The Bertz CT molecular complexity index is 1070. The molecule has 2 aromatic carbocycles. The molecule has 26 heavy (non-hydrogen) atoms. The van der Waals surface area contributed by atoms with Crippen molar-refractivity contribution in [3.63, 3.8) is 0 Å². The third-order valence-corrected chi connectivity index (χ3v) is 5.15. The summed E-state index contributed by atoms with van der Waals surface area (Å²) in [5.74, 6) is 1.21. The second kappa shape index (κ2) is 6.19. The Balaban J connectivity index is 1.61. The number of hydrogen-bond acceptors (Lipinski definition) is 3. The zero-order valence-electron chi connectivity index (χ0n) is 14.1. The number of benzene rings is 2. The molecule has 3 nitrogen and oxygen atoms in total. The molecule has 4 heteroatoms. The van der Waals surface area contributed by atoms with Crippen LogP contribution in [0.15, 0.2) is 66.3 Å². The highest BCUT2D eigenvalue weighted by molar-refractivity contribution is 6.28. The van der Waals surface area contributed by atoms with Gasteiger partial charge in [0.25, 0.3) is 0 Å². The summed E-state index contributed by atoms with van der Waals surface area (Å²) in [4.78, 5) is 13.3. The van der Waals surface area contributed by atoms with Crippen LogP contribution in [-0.4, -0.2) is 15.0 Å². The van der Waals surface area contributed by atoms with E-state index >= 15 is 0 Å². The van der Waals surface area contributed by atoms with Crippen LogP contribution in [-0.2, 0) is 6.42 Å². The maximum Gasteiger partial charge on any atom is 0.226 e. The van der Waals surface area contributed by atoms with Crippen molar-refractivity contribution in [1.29, 1.82) is 0 Å². The lowest BCUT2D eigenvalue weighted by molar-refractivity contribution is 0.935. The molecule has 126 valence electrons. The van der Waals surface area contributed by atoms with Gasteiger partial charge in [0.15, 0.2) is 11.6 Å². The predicted octanol–water partition coefficient (Wildman–Crippen LogP) is 5.52. The third kappa shape index (κ3) is 2.65. The highest BCUT2D eigenvalue weighted by Crippen LogP contribution is 2.39. The Morgan fingerprint density at radius 1 is 0.846 bits per heavy atom. The fourth-order valence-electron chi connectivity index (χ4n) is 3.72. The van der Waals surface area contributed by atoms with Gasteiger partial charge in [-0.05, 0) is 53.6 Å². The molecule has 0 spiro atoms. The summed E-state index contributed by atoms with van der Waals surface area (Å²) in [6.45, 7) is 0. The van der Waals surface area contributed by atoms with E-state index in [0.29, 0.717) is 11.6 Å². The van der Waals surface area contributed by atoms with Crippen LogP contribution in [0.5, 0.6) is 0 Å². The van der Waals surface area contributed by atoms with Crippen molar-refractivity contribution >= 4 is 17.2 Å². The number of allylic oxidation sites excluding steroid dienone is 4. The number of nitrogens with zero attached hydrogens (tertiary/aromatic N) is 3. The minimum Gasteiger partial charge on any atom is -0.208 e. The molecule has 0 fully saturated rings. The summed E-state index contributed by atoms with van der Waals surface area (Å²) in [6.07, 6.45) is 7.87. The van der Waals surface area contributed by atoms with Gasteiger partial charge in [-0.3, -0.25) is 0 Å². The normalized spacial score (nSPS) is 15.1. The van der Waals surface area contributed by atoms with Crippen LogP contribution in [0, 0.1) is 0 Å². The van der Waals surface area contributed by atoms with Gasteiger partial charge in [-0.25, -0.2) is 4.98 Å². The Morgan fingerprint density at radius 3 is 2.50 bits per heavy atom. The maximum absolute atomic E-state index is 6.20. The van der Waals surface area contributed by atoms with Crippen LogP contribution in [0.1, 0.15) is 24.0 Å². The minimum absolute atomic E-state index is 0.215. The largest absolute Gasteiger partial charge is 0.226 e. The predicted molar refractivity (Wildman–Crippen MR) is 105 cm³/mol. The van der Waals surface area contributed by atoms with Crippen LogP contribution < -0.4 is 0 Å². The van der Waals surface area contributed by atoms with Gasteiger partial charge in [-0.15, -0.1) is 0 Å². The van der Waals surface area contributed by atoms with E-state index in [4.69, 9.17) is 11.6 Å². The third-order valence-electron chi connectivity index (χ3n) is 4.98. The number of rotatable bonds is 2. The number of halogens is 1. The van der Waals surface area contributed by atoms with E-state index < -0.39 is 0 Å². The van der Waals surface area contributed by atoms with E-state index in [1.165, 1.54) is 16.7 Å². The van der Waals surface area contributed by atoms with E-state index in [0.717, 1.165) is 30.4 Å². The van der Waals surface area contributed by atoms with Crippen LogP contribution in [0.3, 0.4) is 0 Å². The van der Waals surface area contributed by atoms with Gasteiger partial charge >= 0.3 is 0 Å². The molecule has 0 N–H and O–H groups in total. The molecule has 1 heterocycles. The molecule has 0 atom stereocenters. The summed E-state index contributed by atoms with van der Waals surface area (Å²) < 4.78 is 0. The number of fused-ring (bicyclic) bond motifs is 2. The zero-order chi connectivity index (χ0) is 17.5. The minimum atomic E-state index is 0.215. The van der Waals surface area contributed by atoms with Crippen molar-refractivity contribution in [2.24, 2.45) is 0 Å². The SMILES string of the molecule is Clc1nc(-c2ccccc2)nc(-c2ccc3c(c2)C2=C(CCC=C2)C3)n1. The smallest absolute Gasteiger partial charge is 0.208 e. The lowest BCUT2D eigenvalue weighted by atomic mass is 9.97. The molecule has 3 aromatic rings. The highest BCUT2D eigenvalue weighted by Gasteiger charge is 2.22. The summed E-state index contributed by atoms with van der Waals surface area (Å²) in [6, 6.07) is 16.3. The molecule has 2 aliphatic rings. The van der Waals surface area contributed by atoms with Gasteiger partial charge in [-0.1, -0.05) is 60.2 Å². The monoisotopic (exact) mass is 357 g/mol. The molecular weight excluding hydrogens is 342 g/mol. The van der Waals surface area contributed by atoms with Gasteiger partial charge in [0.2, 0.25) is 5.28 Å². The second-order valence-corrected chi connectivity index (χ2v) is 6.96. The standard InChI is InChI=1S/C22H16ClN3/c23-22-25-20(14-6-2-1-3-7-14)24-21(26-22)17-11-10-16-12-15-8-4-5-9-18(15)19(16)13-17/h1-3,5-7,9-11,13H,4,8,12H2. The van der Waals surface area contributed by atoms with Crippen LogP contribution in [0.2, 0.25) is 5.28 Å². The van der Waals surface area contributed by atoms with Crippen molar-refractivity contribution in [2.45, 2.75) is 19.3 Å². The van der Waals surface area contributed by atoms with Gasteiger partial charge < -0.3 is 0 Å². The fraction of sp³-hybridized carbons (Fsp3) is 0.136. The summed E-state index contributed by atoms with van der Waals surface area (Å²) in [5, 5.41) is 0.215. The van der Waals surface area contributed by atoms with Crippen molar-refractivity contribution in [1.82, 2.24) is 15.0 Å². The Hall–Kier alpha value is -2.78. The van der Waals surface area contributed by atoms with Crippen molar-refractivity contribution in [3.05, 3.63) is 82.7 Å². The first-order chi connectivity index (χ1) is 12.8. The average molecular weight is 358 g/mol. The number of hydrogen-bond donors (Lipinski definition) is 0. The topological polar surface area (TPSA) is 38.7 Å². The van der Waals surface area contributed by atoms with Crippen molar-refractivity contribution < 1.29 is 0 Å². The average Bonchev–Trinajstić information content (AvgIpc) is 3.06. The molecule has 0 saturated carbocycles. The first-order valence-corrected chi connectivity index (χ1v) is 9.15. The van der Waals surface area contributed by atoms with E-state index in [1.54, 1.807) is 5.57 Å². The summed E-state index contributed by atoms with van der Waals surface area (Å²) >= 11 is 6.20. The molecule has 2 aliphatic carbocycles. The fourth-order valence-corrected chi connectivity index (χ4v) is 3.88. The van der Waals surface area contributed by atoms with Gasteiger partial charge in [0.05, 0.1) is 0 Å². The highest BCUT2D eigenvalue weighted by atomic mass is 35.5. The second-order valence-electron chi connectivity index (χ2n) is 6.62. The lowest BCUT2D eigenvalue weighted by Crippen LogP contribution is -1.98. The molecule has 1 aromatic heterocycles. The first kappa shape index (κ1) is 15.5. The van der Waals surface area contributed by atoms with Gasteiger partial charge in [-0.2, -0.15) is 9.97 Å². The zero-order valence-corrected chi connectivity index (χ0v) is 14.9.